The molecule has 1 aliphatic rings. The number of benzene rings is 2. The summed E-state index contributed by atoms with van der Waals surface area (Å²) in [7, 11) is 1.66. The van der Waals surface area contributed by atoms with Gasteiger partial charge in [-0.25, -0.2) is 0 Å². The Morgan fingerprint density at radius 2 is 1.91 bits per heavy atom. The van der Waals surface area contributed by atoms with Gasteiger partial charge in [0, 0.05) is 5.41 Å². The summed E-state index contributed by atoms with van der Waals surface area (Å²) in [4.78, 5) is 0. The van der Waals surface area contributed by atoms with E-state index in [4.69, 9.17) is 4.74 Å². The molecule has 2 aromatic carbocycles. The van der Waals surface area contributed by atoms with Gasteiger partial charge in [0.2, 0.25) is 0 Å². The molecule has 1 fully saturated rings. The van der Waals surface area contributed by atoms with Crippen LogP contribution >= 0.6 is 0 Å². The summed E-state index contributed by atoms with van der Waals surface area (Å²) in [5.74, 6) is 0.832. The van der Waals surface area contributed by atoms with Gasteiger partial charge in [0.15, 0.2) is 0 Å². The minimum atomic E-state index is -0.630. The lowest BCUT2D eigenvalue weighted by Crippen LogP contribution is -2.42. The van der Waals surface area contributed by atoms with E-state index in [-0.39, 0.29) is 0 Å². The van der Waals surface area contributed by atoms with Crippen molar-refractivity contribution in [2.75, 3.05) is 7.11 Å². The highest BCUT2D eigenvalue weighted by molar-refractivity contribution is 5.84. The van der Waals surface area contributed by atoms with E-state index in [9.17, 15) is 10.2 Å². The lowest BCUT2D eigenvalue weighted by Gasteiger charge is -2.44. The first-order valence-corrected chi connectivity index (χ1v) is 8.54. The van der Waals surface area contributed by atoms with E-state index >= 15 is 0 Å². The highest BCUT2D eigenvalue weighted by Gasteiger charge is 2.44. The monoisotopic (exact) mass is 314 g/mol. The number of methoxy groups -OCH3 is 1. The molecule has 2 N–H and O–H groups in total. The topological polar surface area (TPSA) is 49.7 Å². The smallest absolute Gasteiger partial charge is 0.119 e. The van der Waals surface area contributed by atoms with Gasteiger partial charge in [0.25, 0.3) is 0 Å². The molecular weight excluding hydrogens is 288 g/mol. The lowest BCUT2D eigenvalue weighted by atomic mass is 9.65. The zero-order valence-electron chi connectivity index (χ0n) is 14.0. The van der Waals surface area contributed by atoms with Crippen molar-refractivity contribution in [2.45, 2.75) is 51.2 Å². The largest absolute Gasteiger partial charge is 0.497 e. The molecule has 0 heterocycles. The fourth-order valence-corrected chi connectivity index (χ4v) is 4.04. The molecule has 0 unspecified atom stereocenters. The molecule has 3 rings (SSSR count). The van der Waals surface area contributed by atoms with E-state index in [0.717, 1.165) is 54.2 Å². The minimum absolute atomic E-state index is 0.418. The second-order valence-corrected chi connectivity index (χ2v) is 6.72. The molecule has 0 aliphatic heterocycles. The number of aliphatic hydroxyl groups is 2. The van der Waals surface area contributed by atoms with Crippen LogP contribution in [-0.4, -0.2) is 23.4 Å². The maximum atomic E-state index is 11.0. The van der Waals surface area contributed by atoms with Gasteiger partial charge < -0.3 is 14.9 Å². The number of hydrogen-bond acceptors (Lipinski definition) is 3. The van der Waals surface area contributed by atoms with Crippen molar-refractivity contribution in [1.82, 2.24) is 0 Å². The Kier molecular flexibility index (Phi) is 4.60. The fraction of sp³-hybridized carbons (Fsp3) is 0.500. The van der Waals surface area contributed by atoms with Crippen LogP contribution in [0.3, 0.4) is 0 Å². The number of fused-ring (bicyclic) bond motifs is 1. The van der Waals surface area contributed by atoms with Crippen molar-refractivity contribution in [2.24, 2.45) is 5.41 Å². The molecule has 3 heteroatoms. The molecule has 3 nitrogen and oxygen atoms in total. The molecule has 2 aromatic rings. The van der Waals surface area contributed by atoms with Gasteiger partial charge in [-0.2, -0.15) is 0 Å². The van der Waals surface area contributed by atoms with Gasteiger partial charge in [0.1, 0.15) is 5.75 Å². The number of aliphatic hydroxyl groups excluding tert-OH is 2. The van der Waals surface area contributed by atoms with E-state index in [0.29, 0.717) is 0 Å². The molecule has 0 bridgehead atoms. The summed E-state index contributed by atoms with van der Waals surface area (Å²) in [6, 6.07) is 12.0. The normalized spacial score (nSPS) is 26.2. The SMILES string of the molecule is CC[C@]1([C@@H](O)c2ccc3cc(OC)ccc3c2)CCCC[C@@H]1O. The summed E-state index contributed by atoms with van der Waals surface area (Å²) < 4.78 is 5.26. The van der Waals surface area contributed by atoms with Crippen LogP contribution in [0.15, 0.2) is 36.4 Å². The third kappa shape index (κ3) is 2.84. The van der Waals surface area contributed by atoms with Crippen LogP contribution in [0.5, 0.6) is 5.75 Å². The standard InChI is InChI=1S/C20H26O3/c1-3-20(11-5-4-6-18(20)21)19(22)16-8-7-15-13-17(23-2)10-9-14(15)12-16/h7-10,12-13,18-19,21-22H,3-6,11H2,1-2H3/t18-,19-,20-/m0/s1. The molecule has 0 amide bonds. The van der Waals surface area contributed by atoms with Crippen LogP contribution in [0, 0.1) is 5.41 Å². The Labute approximate surface area is 137 Å². The molecule has 23 heavy (non-hydrogen) atoms. The third-order valence-corrected chi connectivity index (χ3v) is 5.62. The van der Waals surface area contributed by atoms with Crippen molar-refractivity contribution >= 4 is 10.8 Å². The first kappa shape index (κ1) is 16.3. The highest BCUT2D eigenvalue weighted by atomic mass is 16.5. The molecule has 124 valence electrons. The van der Waals surface area contributed by atoms with Crippen molar-refractivity contribution in [3.63, 3.8) is 0 Å². The van der Waals surface area contributed by atoms with E-state index in [1.807, 2.05) is 36.4 Å². The average molecular weight is 314 g/mol. The van der Waals surface area contributed by atoms with Crippen molar-refractivity contribution in [3.05, 3.63) is 42.0 Å². The Morgan fingerprint density at radius 1 is 1.17 bits per heavy atom. The van der Waals surface area contributed by atoms with Gasteiger partial charge in [0.05, 0.1) is 19.3 Å². The van der Waals surface area contributed by atoms with Gasteiger partial charge in [-0.15, -0.1) is 0 Å². The van der Waals surface area contributed by atoms with E-state index < -0.39 is 17.6 Å². The average Bonchev–Trinajstić information content (AvgIpc) is 2.61. The first-order valence-electron chi connectivity index (χ1n) is 8.54. The quantitative estimate of drug-likeness (QED) is 0.888. The number of hydrogen-bond donors (Lipinski definition) is 2. The molecule has 0 radical (unpaired) electrons. The van der Waals surface area contributed by atoms with Crippen LogP contribution in [0.4, 0.5) is 0 Å². The Balaban J connectivity index is 1.97. The minimum Gasteiger partial charge on any atom is -0.497 e. The molecule has 3 atom stereocenters. The number of ether oxygens (including phenoxy) is 1. The van der Waals surface area contributed by atoms with Gasteiger partial charge in [-0.05, 0) is 53.8 Å². The summed E-state index contributed by atoms with van der Waals surface area (Å²) in [5, 5.41) is 23.8. The second kappa shape index (κ2) is 6.50. The van der Waals surface area contributed by atoms with Crippen molar-refractivity contribution in [1.29, 1.82) is 0 Å². The second-order valence-electron chi connectivity index (χ2n) is 6.72. The van der Waals surface area contributed by atoms with Crippen molar-refractivity contribution in [3.8, 4) is 5.75 Å². The maximum Gasteiger partial charge on any atom is 0.119 e. The van der Waals surface area contributed by atoms with Crippen LogP contribution in [0.1, 0.15) is 50.7 Å². The van der Waals surface area contributed by atoms with E-state index in [1.54, 1.807) is 7.11 Å². The Hall–Kier alpha value is -1.58. The predicted molar refractivity (Wildman–Crippen MR) is 92.7 cm³/mol. The zero-order valence-corrected chi connectivity index (χ0v) is 14.0. The molecular formula is C20H26O3. The molecule has 0 spiro atoms. The highest BCUT2D eigenvalue weighted by Crippen LogP contribution is 2.48. The third-order valence-electron chi connectivity index (χ3n) is 5.62. The molecule has 1 aliphatic carbocycles. The van der Waals surface area contributed by atoms with Crippen LogP contribution in [-0.2, 0) is 0 Å². The molecule has 0 saturated heterocycles. The Bertz CT molecular complexity index is 682. The summed E-state index contributed by atoms with van der Waals surface area (Å²) >= 11 is 0. The summed E-state index contributed by atoms with van der Waals surface area (Å²) in [6.07, 6.45) is 3.52. The zero-order chi connectivity index (χ0) is 16.4. The summed E-state index contributed by atoms with van der Waals surface area (Å²) in [6.45, 7) is 2.07. The van der Waals surface area contributed by atoms with E-state index in [2.05, 4.69) is 6.92 Å². The molecule has 0 aromatic heterocycles. The lowest BCUT2D eigenvalue weighted by molar-refractivity contribution is -0.0993. The molecule has 1 saturated carbocycles. The maximum absolute atomic E-state index is 11.0. The van der Waals surface area contributed by atoms with Gasteiger partial charge in [-0.3, -0.25) is 0 Å². The van der Waals surface area contributed by atoms with Crippen LogP contribution < -0.4 is 4.74 Å². The van der Waals surface area contributed by atoms with Crippen LogP contribution in [0.2, 0.25) is 0 Å². The summed E-state index contributed by atoms with van der Waals surface area (Å²) in [5.41, 5.74) is 0.476. The number of rotatable bonds is 4. The van der Waals surface area contributed by atoms with Crippen LogP contribution in [0.25, 0.3) is 10.8 Å². The first-order chi connectivity index (χ1) is 11.1. The van der Waals surface area contributed by atoms with Gasteiger partial charge in [-0.1, -0.05) is 38.0 Å². The van der Waals surface area contributed by atoms with Gasteiger partial charge >= 0.3 is 0 Å². The predicted octanol–water partition coefficient (Wildman–Crippen LogP) is 4.21. The fourth-order valence-electron chi connectivity index (χ4n) is 4.04. The van der Waals surface area contributed by atoms with Crippen molar-refractivity contribution < 1.29 is 14.9 Å². The van der Waals surface area contributed by atoms with E-state index in [1.165, 1.54) is 0 Å². The Morgan fingerprint density at radius 3 is 2.61 bits per heavy atom.